The van der Waals surface area contributed by atoms with E-state index in [9.17, 15) is 4.79 Å². The van der Waals surface area contributed by atoms with E-state index in [2.05, 4.69) is 40.8 Å². The van der Waals surface area contributed by atoms with Crippen molar-refractivity contribution in [3.05, 3.63) is 65.2 Å². The van der Waals surface area contributed by atoms with E-state index >= 15 is 0 Å². The number of aromatic amines is 1. The van der Waals surface area contributed by atoms with Crippen molar-refractivity contribution in [3.63, 3.8) is 0 Å². The van der Waals surface area contributed by atoms with Crippen molar-refractivity contribution >= 4 is 33.1 Å². The predicted octanol–water partition coefficient (Wildman–Crippen LogP) is 3.22. The van der Waals surface area contributed by atoms with Crippen molar-refractivity contribution in [1.82, 2.24) is 29.5 Å². The first kappa shape index (κ1) is 16.4. The van der Waals surface area contributed by atoms with Crippen molar-refractivity contribution < 1.29 is 9.53 Å². The molecule has 0 saturated heterocycles. The minimum Gasteiger partial charge on any atom is -0.451 e. The van der Waals surface area contributed by atoms with Crippen LogP contribution in [0.5, 0.6) is 0 Å². The molecule has 26 heavy (non-hydrogen) atoms. The second-order valence-corrected chi connectivity index (χ2v) is 6.48. The first-order valence-corrected chi connectivity index (χ1v) is 8.56. The lowest BCUT2D eigenvalue weighted by atomic mass is 10.3. The minimum absolute atomic E-state index is 0.359. The molecule has 4 heterocycles. The number of ether oxygens (including phenoxy) is 1. The summed E-state index contributed by atoms with van der Waals surface area (Å²) < 4.78 is 8.07. The number of esters is 1. The lowest BCUT2D eigenvalue weighted by Crippen LogP contribution is -2.11. The molecule has 0 saturated carbocycles. The summed E-state index contributed by atoms with van der Waals surface area (Å²) in [7, 11) is 0. The van der Waals surface area contributed by atoms with Crippen LogP contribution in [0.4, 0.5) is 0 Å². The number of aromatic nitrogens is 6. The molecule has 0 aromatic carbocycles. The maximum absolute atomic E-state index is 12.3. The third-order valence-corrected chi connectivity index (χ3v) is 4.18. The van der Waals surface area contributed by atoms with Gasteiger partial charge in [0.2, 0.25) is 0 Å². The highest BCUT2D eigenvalue weighted by molar-refractivity contribution is 9.10. The molecule has 0 aliphatic rings. The molecule has 4 rings (SSSR count). The zero-order valence-electron chi connectivity index (χ0n) is 13.6. The maximum Gasteiger partial charge on any atom is 0.340 e. The number of carbonyl (C=O) groups excluding carboxylic acids is 1. The summed E-state index contributed by atoms with van der Waals surface area (Å²) in [5.74, 6) is 0.722. The Hall–Kier alpha value is -3.07. The first-order chi connectivity index (χ1) is 12.6. The third-order valence-electron chi connectivity index (χ3n) is 3.74. The highest BCUT2D eigenvalue weighted by atomic mass is 79.9. The number of rotatable bonds is 4. The van der Waals surface area contributed by atoms with Gasteiger partial charge in [0.15, 0.2) is 11.8 Å². The molecule has 4 aromatic rings. The van der Waals surface area contributed by atoms with Gasteiger partial charge in [0.05, 0.1) is 11.1 Å². The molecule has 0 aliphatic heterocycles. The van der Waals surface area contributed by atoms with Gasteiger partial charge in [0, 0.05) is 29.3 Å². The quantitative estimate of drug-likeness (QED) is 0.516. The average molecular weight is 413 g/mol. The van der Waals surface area contributed by atoms with Crippen LogP contribution in [0.25, 0.3) is 17.0 Å². The van der Waals surface area contributed by atoms with Crippen LogP contribution in [-0.2, 0) is 4.74 Å². The summed E-state index contributed by atoms with van der Waals surface area (Å²) in [6.07, 6.45) is 7.65. The number of H-pyrrole nitrogens is 1. The largest absolute Gasteiger partial charge is 0.451 e. The van der Waals surface area contributed by atoms with Crippen molar-refractivity contribution in [2.45, 2.75) is 13.0 Å². The number of halogens is 1. The fourth-order valence-corrected chi connectivity index (χ4v) is 2.76. The van der Waals surface area contributed by atoms with Crippen LogP contribution in [0.15, 0.2) is 53.8 Å². The molecule has 4 aromatic heterocycles. The Bertz CT molecular complexity index is 1060. The third kappa shape index (κ3) is 3.21. The van der Waals surface area contributed by atoms with Crippen LogP contribution in [0, 0.1) is 0 Å². The first-order valence-electron chi connectivity index (χ1n) is 7.76. The molecular formula is C17H13BrN6O2. The molecular weight excluding hydrogens is 400 g/mol. The molecule has 9 heteroatoms. The topological polar surface area (TPSA) is 98.6 Å². The molecule has 0 spiro atoms. The lowest BCUT2D eigenvalue weighted by Gasteiger charge is -2.10. The van der Waals surface area contributed by atoms with Crippen molar-refractivity contribution in [3.8, 4) is 5.82 Å². The number of fused-ring (bicyclic) bond motifs is 1. The number of nitrogens with zero attached hydrogens (tertiary/aromatic N) is 5. The van der Waals surface area contributed by atoms with E-state index in [0.717, 1.165) is 9.99 Å². The average Bonchev–Trinajstić information content (AvgIpc) is 3.31. The maximum atomic E-state index is 12.3. The number of hydrogen-bond acceptors (Lipinski definition) is 6. The standard InChI is InChI=1S/C17H13BrN6O2/c1-10(15-22-13-6-12(18)8-21-16(13)23-15)26-17(25)11-2-3-14(20-7-11)24-5-4-19-9-24/h2-10H,1H3,(H,21,22,23). The second-order valence-electron chi connectivity index (χ2n) is 5.57. The predicted molar refractivity (Wildman–Crippen MR) is 96.8 cm³/mol. The molecule has 0 bridgehead atoms. The van der Waals surface area contributed by atoms with E-state index in [-0.39, 0.29) is 0 Å². The number of carbonyl (C=O) groups is 1. The molecule has 1 unspecified atom stereocenters. The van der Waals surface area contributed by atoms with Gasteiger partial charge in [-0.15, -0.1) is 0 Å². The van der Waals surface area contributed by atoms with Gasteiger partial charge < -0.3 is 9.72 Å². The molecule has 8 nitrogen and oxygen atoms in total. The summed E-state index contributed by atoms with van der Waals surface area (Å²) >= 11 is 3.36. The Labute approximate surface area is 156 Å². The number of nitrogens with one attached hydrogen (secondary N) is 1. The smallest absolute Gasteiger partial charge is 0.340 e. The molecule has 0 fully saturated rings. The van der Waals surface area contributed by atoms with Crippen LogP contribution < -0.4 is 0 Å². The van der Waals surface area contributed by atoms with Gasteiger partial charge in [0.1, 0.15) is 18.0 Å². The normalized spacial score (nSPS) is 12.2. The fraction of sp³-hybridized carbons (Fsp3) is 0.118. The van der Waals surface area contributed by atoms with Crippen molar-refractivity contribution in [2.24, 2.45) is 0 Å². The summed E-state index contributed by atoms with van der Waals surface area (Å²) in [6, 6.07) is 5.26. The van der Waals surface area contributed by atoms with Gasteiger partial charge in [-0.05, 0) is 41.1 Å². The highest BCUT2D eigenvalue weighted by Gasteiger charge is 2.18. The van der Waals surface area contributed by atoms with Gasteiger partial charge in [-0.25, -0.2) is 24.7 Å². The Balaban J connectivity index is 1.49. The van der Waals surface area contributed by atoms with Gasteiger partial charge in [0.25, 0.3) is 0 Å². The monoisotopic (exact) mass is 412 g/mol. The van der Waals surface area contributed by atoms with Crippen LogP contribution >= 0.6 is 15.9 Å². The number of hydrogen-bond donors (Lipinski definition) is 1. The molecule has 130 valence electrons. The summed E-state index contributed by atoms with van der Waals surface area (Å²) in [5.41, 5.74) is 1.69. The van der Waals surface area contributed by atoms with Crippen molar-refractivity contribution in [2.75, 3.05) is 0 Å². The van der Waals surface area contributed by atoms with Gasteiger partial charge >= 0.3 is 5.97 Å². The van der Waals surface area contributed by atoms with E-state index in [1.807, 2.05) is 6.07 Å². The van der Waals surface area contributed by atoms with E-state index in [0.29, 0.717) is 22.9 Å². The SMILES string of the molecule is CC(OC(=O)c1ccc(-n2ccnc2)nc1)c1nc2ncc(Br)cc2[nH]1. The molecule has 0 radical (unpaired) electrons. The highest BCUT2D eigenvalue weighted by Crippen LogP contribution is 2.21. The van der Waals surface area contributed by atoms with E-state index < -0.39 is 12.1 Å². The van der Waals surface area contributed by atoms with Crippen molar-refractivity contribution in [1.29, 1.82) is 0 Å². The van der Waals surface area contributed by atoms with Crippen LogP contribution in [-0.4, -0.2) is 35.5 Å². The van der Waals surface area contributed by atoms with Gasteiger partial charge in [-0.1, -0.05) is 0 Å². The zero-order valence-corrected chi connectivity index (χ0v) is 15.2. The zero-order chi connectivity index (χ0) is 18.1. The summed E-state index contributed by atoms with van der Waals surface area (Å²) in [4.78, 5) is 32.2. The van der Waals surface area contributed by atoms with E-state index in [1.165, 1.54) is 6.20 Å². The van der Waals surface area contributed by atoms with E-state index in [4.69, 9.17) is 4.74 Å². The Morgan fingerprint density at radius 2 is 2.19 bits per heavy atom. The fourth-order valence-electron chi connectivity index (χ4n) is 2.42. The Kier molecular flexibility index (Phi) is 4.21. The molecule has 1 atom stereocenters. The molecule has 1 N–H and O–H groups in total. The molecule has 0 amide bonds. The Morgan fingerprint density at radius 3 is 2.92 bits per heavy atom. The minimum atomic E-state index is -0.552. The van der Waals surface area contributed by atoms with Gasteiger partial charge in [-0.3, -0.25) is 4.57 Å². The molecule has 0 aliphatic carbocycles. The summed E-state index contributed by atoms with van der Waals surface area (Å²) in [5, 5.41) is 0. The van der Waals surface area contributed by atoms with E-state index in [1.54, 1.807) is 48.5 Å². The second kappa shape index (κ2) is 6.68. The van der Waals surface area contributed by atoms with Crippen LogP contribution in [0.1, 0.15) is 29.2 Å². The number of pyridine rings is 2. The summed E-state index contributed by atoms with van der Waals surface area (Å²) in [6.45, 7) is 1.75. The lowest BCUT2D eigenvalue weighted by molar-refractivity contribution is 0.0321. The van der Waals surface area contributed by atoms with Gasteiger partial charge in [-0.2, -0.15) is 0 Å². The number of imidazole rings is 2. The van der Waals surface area contributed by atoms with Crippen LogP contribution in [0.3, 0.4) is 0 Å². The van der Waals surface area contributed by atoms with Crippen LogP contribution in [0.2, 0.25) is 0 Å². The Morgan fingerprint density at radius 1 is 1.31 bits per heavy atom.